The van der Waals surface area contributed by atoms with Gasteiger partial charge in [-0.1, -0.05) is 30.0 Å². The summed E-state index contributed by atoms with van der Waals surface area (Å²) in [6.07, 6.45) is 0. The summed E-state index contributed by atoms with van der Waals surface area (Å²) in [5.41, 5.74) is 13.0. The largest absolute Gasteiger partial charge is 0.383 e. The van der Waals surface area contributed by atoms with Gasteiger partial charge in [0.2, 0.25) is 5.91 Å². The number of nitrogen functional groups attached to an aromatic ring is 2. The van der Waals surface area contributed by atoms with Gasteiger partial charge in [-0.2, -0.15) is 0 Å². The lowest BCUT2D eigenvalue weighted by Crippen LogP contribution is -2.23. The molecule has 0 radical (unpaired) electrons. The van der Waals surface area contributed by atoms with E-state index < -0.39 is 0 Å². The van der Waals surface area contributed by atoms with Gasteiger partial charge in [-0.25, -0.2) is 9.97 Å². The molecule has 0 saturated heterocycles. The molecule has 0 aliphatic rings. The van der Waals surface area contributed by atoms with E-state index in [2.05, 4.69) is 15.3 Å². The SMILES string of the molecule is Cc1ccccc1NC(=O)C(C)Sc1nc(N)cc(N)n1. The van der Waals surface area contributed by atoms with E-state index in [1.54, 1.807) is 6.92 Å². The van der Waals surface area contributed by atoms with Gasteiger partial charge in [0.25, 0.3) is 0 Å². The van der Waals surface area contributed by atoms with E-state index in [0.717, 1.165) is 11.3 Å². The molecule has 5 N–H and O–H groups in total. The summed E-state index contributed by atoms with van der Waals surface area (Å²) in [7, 11) is 0. The van der Waals surface area contributed by atoms with Gasteiger partial charge in [-0.3, -0.25) is 4.79 Å². The van der Waals surface area contributed by atoms with Crippen molar-refractivity contribution < 1.29 is 4.79 Å². The van der Waals surface area contributed by atoms with Gasteiger partial charge in [0, 0.05) is 11.8 Å². The maximum absolute atomic E-state index is 12.2. The molecule has 0 bridgehead atoms. The molecule has 0 spiro atoms. The number of amides is 1. The number of nitrogens with one attached hydrogen (secondary N) is 1. The number of aromatic nitrogens is 2. The van der Waals surface area contributed by atoms with Crippen LogP contribution in [0.25, 0.3) is 0 Å². The fourth-order valence-corrected chi connectivity index (χ4v) is 2.47. The third kappa shape index (κ3) is 4.09. The average Bonchev–Trinajstić information content (AvgIpc) is 2.40. The Morgan fingerprint density at radius 2 is 1.86 bits per heavy atom. The van der Waals surface area contributed by atoms with Crippen molar-refractivity contribution in [1.29, 1.82) is 0 Å². The molecule has 21 heavy (non-hydrogen) atoms. The van der Waals surface area contributed by atoms with Crippen molar-refractivity contribution in [2.75, 3.05) is 16.8 Å². The number of rotatable bonds is 4. The number of hydrogen-bond acceptors (Lipinski definition) is 6. The summed E-state index contributed by atoms with van der Waals surface area (Å²) < 4.78 is 0. The average molecular weight is 303 g/mol. The fraction of sp³-hybridized carbons (Fsp3) is 0.214. The molecule has 1 aromatic heterocycles. The Hall–Kier alpha value is -2.28. The Kier molecular flexibility index (Phi) is 4.64. The first-order chi connectivity index (χ1) is 9.95. The molecule has 6 nitrogen and oxygen atoms in total. The Morgan fingerprint density at radius 3 is 2.48 bits per heavy atom. The van der Waals surface area contributed by atoms with Crippen molar-refractivity contribution in [3.63, 3.8) is 0 Å². The number of thioether (sulfide) groups is 1. The summed E-state index contributed by atoms with van der Waals surface area (Å²) in [5, 5.41) is 2.90. The Morgan fingerprint density at radius 1 is 1.24 bits per heavy atom. The van der Waals surface area contributed by atoms with Crippen LogP contribution in [0.5, 0.6) is 0 Å². The lowest BCUT2D eigenvalue weighted by Gasteiger charge is -2.13. The maximum Gasteiger partial charge on any atom is 0.237 e. The highest BCUT2D eigenvalue weighted by Gasteiger charge is 2.17. The first-order valence-corrected chi connectivity index (χ1v) is 7.27. The molecule has 1 atom stereocenters. The summed E-state index contributed by atoms with van der Waals surface area (Å²) >= 11 is 1.21. The number of carbonyl (C=O) groups is 1. The Balaban J connectivity index is 2.04. The van der Waals surface area contributed by atoms with Crippen LogP contribution >= 0.6 is 11.8 Å². The van der Waals surface area contributed by atoms with Crippen molar-refractivity contribution in [1.82, 2.24) is 9.97 Å². The predicted octanol–water partition coefficient (Wildman–Crippen LogP) is 2.07. The van der Waals surface area contributed by atoms with Crippen LogP contribution in [0.4, 0.5) is 17.3 Å². The van der Waals surface area contributed by atoms with Crippen molar-refractivity contribution in [3.05, 3.63) is 35.9 Å². The van der Waals surface area contributed by atoms with Crippen LogP contribution < -0.4 is 16.8 Å². The van der Waals surface area contributed by atoms with Crippen LogP contribution in [0.3, 0.4) is 0 Å². The van der Waals surface area contributed by atoms with Crippen LogP contribution in [0.15, 0.2) is 35.5 Å². The van der Waals surface area contributed by atoms with Gasteiger partial charge in [-0.05, 0) is 25.5 Å². The smallest absolute Gasteiger partial charge is 0.237 e. The zero-order valence-electron chi connectivity index (χ0n) is 11.8. The molecule has 110 valence electrons. The summed E-state index contributed by atoms with van der Waals surface area (Å²) in [6.45, 7) is 3.72. The van der Waals surface area contributed by atoms with Gasteiger partial charge in [-0.15, -0.1) is 0 Å². The first-order valence-electron chi connectivity index (χ1n) is 6.39. The number of nitrogens with zero attached hydrogens (tertiary/aromatic N) is 2. The molecule has 1 amide bonds. The van der Waals surface area contributed by atoms with Gasteiger partial charge in [0.15, 0.2) is 5.16 Å². The Bertz CT molecular complexity index is 641. The minimum absolute atomic E-state index is 0.126. The molecule has 1 heterocycles. The quantitative estimate of drug-likeness (QED) is 0.589. The zero-order valence-corrected chi connectivity index (χ0v) is 12.6. The third-order valence-corrected chi connectivity index (χ3v) is 3.76. The third-order valence-electron chi connectivity index (χ3n) is 2.80. The second-order valence-electron chi connectivity index (χ2n) is 4.56. The van der Waals surface area contributed by atoms with Gasteiger partial charge in [0.1, 0.15) is 11.6 Å². The van der Waals surface area contributed by atoms with E-state index >= 15 is 0 Å². The first kappa shape index (κ1) is 15.1. The zero-order chi connectivity index (χ0) is 15.4. The monoisotopic (exact) mass is 303 g/mol. The van der Waals surface area contributed by atoms with E-state index in [4.69, 9.17) is 11.5 Å². The molecule has 2 rings (SSSR count). The van der Waals surface area contributed by atoms with Gasteiger partial charge >= 0.3 is 0 Å². The van der Waals surface area contributed by atoms with Crippen molar-refractivity contribution in [2.45, 2.75) is 24.3 Å². The van der Waals surface area contributed by atoms with Crippen LogP contribution in [0.1, 0.15) is 12.5 Å². The number of para-hydroxylation sites is 1. The highest BCUT2D eigenvalue weighted by Crippen LogP contribution is 2.23. The van der Waals surface area contributed by atoms with Gasteiger partial charge in [0.05, 0.1) is 5.25 Å². The minimum Gasteiger partial charge on any atom is -0.383 e. The van der Waals surface area contributed by atoms with Crippen molar-refractivity contribution in [2.24, 2.45) is 0 Å². The highest BCUT2D eigenvalue weighted by atomic mass is 32.2. The van der Waals surface area contributed by atoms with Crippen LogP contribution in [-0.2, 0) is 4.79 Å². The lowest BCUT2D eigenvalue weighted by atomic mass is 10.2. The molecule has 0 saturated carbocycles. The summed E-state index contributed by atoms with van der Waals surface area (Å²) in [4.78, 5) is 20.3. The lowest BCUT2D eigenvalue weighted by molar-refractivity contribution is -0.115. The van der Waals surface area contributed by atoms with E-state index in [9.17, 15) is 4.79 Å². The number of benzene rings is 1. The molecule has 0 aliphatic carbocycles. The normalized spacial score (nSPS) is 11.9. The van der Waals surface area contributed by atoms with E-state index in [-0.39, 0.29) is 22.8 Å². The standard InChI is InChI=1S/C14H17N5OS/c1-8-5-3-4-6-10(8)17-13(20)9(2)21-14-18-11(15)7-12(16)19-14/h3-7,9H,1-2H3,(H,17,20)(H4,15,16,18,19). The van der Waals surface area contributed by atoms with E-state index in [1.807, 2.05) is 31.2 Å². The second-order valence-corrected chi connectivity index (χ2v) is 5.87. The van der Waals surface area contributed by atoms with Crippen molar-refractivity contribution >= 4 is 35.0 Å². The number of hydrogen-bond donors (Lipinski definition) is 3. The predicted molar refractivity (Wildman–Crippen MR) is 86.0 cm³/mol. The van der Waals surface area contributed by atoms with Gasteiger partial charge < -0.3 is 16.8 Å². The number of nitrogens with two attached hydrogens (primary N) is 2. The number of carbonyl (C=O) groups excluding carboxylic acids is 1. The van der Waals surface area contributed by atoms with Crippen molar-refractivity contribution in [3.8, 4) is 0 Å². The van der Waals surface area contributed by atoms with Crippen LogP contribution in [0, 0.1) is 6.92 Å². The molecular formula is C14H17N5OS. The molecule has 1 unspecified atom stereocenters. The van der Waals surface area contributed by atoms with E-state index in [1.165, 1.54) is 17.8 Å². The highest BCUT2D eigenvalue weighted by molar-refractivity contribution is 8.00. The van der Waals surface area contributed by atoms with Crippen LogP contribution in [0.2, 0.25) is 0 Å². The molecular weight excluding hydrogens is 286 g/mol. The fourth-order valence-electron chi connectivity index (χ4n) is 1.67. The van der Waals surface area contributed by atoms with Crippen LogP contribution in [-0.4, -0.2) is 21.1 Å². The molecule has 2 aromatic rings. The second kappa shape index (κ2) is 6.45. The molecule has 1 aromatic carbocycles. The minimum atomic E-state index is -0.370. The summed E-state index contributed by atoms with van der Waals surface area (Å²) in [6, 6.07) is 9.07. The topological polar surface area (TPSA) is 107 Å². The van der Waals surface area contributed by atoms with E-state index in [0.29, 0.717) is 5.16 Å². The molecule has 7 heteroatoms. The number of aryl methyl sites for hydroxylation is 1. The maximum atomic E-state index is 12.2. The number of anilines is 3. The summed E-state index contributed by atoms with van der Waals surface area (Å²) in [5.74, 6) is 0.451. The Labute approximate surface area is 127 Å². The molecule has 0 aliphatic heterocycles. The molecule has 0 fully saturated rings.